The standard InChI is InChI=1S/C17H19N5O5S/c23-14-2-1-3-15(24)22(14)8-9-28(25,26)21-10-13(11-21)17-19-16(20-27-17)12-4-6-18-7-5-12/h4-7,13H,1-3,8-11H2. The predicted molar refractivity (Wildman–Crippen MR) is 96.2 cm³/mol. The number of amides is 2. The third-order valence-electron chi connectivity index (χ3n) is 4.93. The van der Waals surface area contributed by atoms with Crippen molar-refractivity contribution in [3.63, 3.8) is 0 Å². The van der Waals surface area contributed by atoms with Gasteiger partial charge in [0.15, 0.2) is 0 Å². The van der Waals surface area contributed by atoms with Gasteiger partial charge < -0.3 is 4.52 Å². The number of hydrogen-bond acceptors (Lipinski definition) is 8. The molecule has 2 aliphatic heterocycles. The van der Waals surface area contributed by atoms with E-state index in [1.54, 1.807) is 24.5 Å². The number of imide groups is 1. The second-order valence-corrected chi connectivity index (χ2v) is 8.90. The van der Waals surface area contributed by atoms with Gasteiger partial charge in [0.1, 0.15) is 0 Å². The zero-order valence-corrected chi connectivity index (χ0v) is 15.8. The summed E-state index contributed by atoms with van der Waals surface area (Å²) >= 11 is 0. The summed E-state index contributed by atoms with van der Waals surface area (Å²) in [7, 11) is -3.57. The zero-order chi connectivity index (χ0) is 19.7. The molecule has 11 heteroatoms. The van der Waals surface area contributed by atoms with Gasteiger partial charge in [0.2, 0.25) is 33.6 Å². The van der Waals surface area contributed by atoms with Crippen molar-refractivity contribution in [1.29, 1.82) is 0 Å². The molecule has 0 aromatic carbocycles. The molecule has 2 saturated heterocycles. The Hall–Kier alpha value is -2.66. The molecule has 2 aromatic rings. The van der Waals surface area contributed by atoms with Crippen molar-refractivity contribution in [2.24, 2.45) is 0 Å². The van der Waals surface area contributed by atoms with Crippen molar-refractivity contribution in [2.45, 2.75) is 25.2 Å². The molecule has 4 heterocycles. The number of likely N-dealkylation sites (tertiary alicyclic amines) is 1. The molecular weight excluding hydrogens is 386 g/mol. The van der Waals surface area contributed by atoms with Gasteiger partial charge in [-0.2, -0.15) is 4.98 Å². The average molecular weight is 405 g/mol. The minimum absolute atomic E-state index is 0.103. The predicted octanol–water partition coefficient (Wildman–Crippen LogP) is 0.400. The maximum absolute atomic E-state index is 12.5. The van der Waals surface area contributed by atoms with Crippen molar-refractivity contribution < 1.29 is 22.5 Å². The Bertz CT molecular complexity index is 968. The van der Waals surface area contributed by atoms with Gasteiger partial charge in [0, 0.05) is 50.4 Å². The van der Waals surface area contributed by atoms with Crippen LogP contribution in [0.1, 0.15) is 31.1 Å². The van der Waals surface area contributed by atoms with Crippen LogP contribution >= 0.6 is 0 Å². The topological polar surface area (TPSA) is 127 Å². The summed E-state index contributed by atoms with van der Waals surface area (Å²) in [5.74, 6) is -0.231. The van der Waals surface area contributed by atoms with Crippen LogP contribution in [0.4, 0.5) is 0 Å². The molecule has 0 bridgehead atoms. The first-order chi connectivity index (χ1) is 13.4. The molecule has 0 unspecified atom stereocenters. The van der Waals surface area contributed by atoms with Crippen LogP contribution in [-0.2, 0) is 19.6 Å². The van der Waals surface area contributed by atoms with Crippen LogP contribution in [0.3, 0.4) is 0 Å². The van der Waals surface area contributed by atoms with Gasteiger partial charge in [-0.1, -0.05) is 5.16 Å². The molecule has 2 aliphatic rings. The monoisotopic (exact) mass is 405 g/mol. The van der Waals surface area contributed by atoms with Crippen molar-refractivity contribution in [1.82, 2.24) is 24.3 Å². The highest BCUT2D eigenvalue weighted by Crippen LogP contribution is 2.29. The highest BCUT2D eigenvalue weighted by molar-refractivity contribution is 7.89. The Morgan fingerprint density at radius 1 is 1.11 bits per heavy atom. The molecular formula is C17H19N5O5S. The number of sulfonamides is 1. The largest absolute Gasteiger partial charge is 0.339 e. The normalized spacial score (nSPS) is 19.1. The Morgan fingerprint density at radius 2 is 1.79 bits per heavy atom. The highest BCUT2D eigenvalue weighted by Gasteiger charge is 2.40. The summed E-state index contributed by atoms with van der Waals surface area (Å²) < 4.78 is 31.5. The van der Waals surface area contributed by atoms with Gasteiger partial charge >= 0.3 is 0 Å². The Balaban J connectivity index is 1.33. The van der Waals surface area contributed by atoms with Crippen LogP contribution < -0.4 is 0 Å². The lowest BCUT2D eigenvalue weighted by Crippen LogP contribution is -2.51. The SMILES string of the molecule is O=C1CCCC(=O)N1CCS(=O)(=O)N1CC(c2nc(-c3ccncc3)no2)C1. The van der Waals surface area contributed by atoms with E-state index < -0.39 is 10.0 Å². The van der Waals surface area contributed by atoms with Crippen molar-refractivity contribution in [2.75, 3.05) is 25.4 Å². The molecule has 10 nitrogen and oxygen atoms in total. The summed E-state index contributed by atoms with van der Waals surface area (Å²) in [5, 5.41) is 3.93. The fourth-order valence-electron chi connectivity index (χ4n) is 3.23. The van der Waals surface area contributed by atoms with Gasteiger partial charge in [-0.25, -0.2) is 12.7 Å². The lowest BCUT2D eigenvalue weighted by molar-refractivity contribution is -0.147. The summed E-state index contributed by atoms with van der Waals surface area (Å²) in [6, 6.07) is 3.52. The number of carbonyl (C=O) groups excluding carboxylic acids is 2. The molecule has 0 saturated carbocycles. The molecule has 0 spiro atoms. The minimum atomic E-state index is -3.57. The maximum Gasteiger partial charge on any atom is 0.232 e. The highest BCUT2D eigenvalue weighted by atomic mass is 32.2. The smallest absolute Gasteiger partial charge is 0.232 e. The number of piperidine rings is 1. The van der Waals surface area contributed by atoms with E-state index >= 15 is 0 Å². The first kappa shape index (κ1) is 18.7. The van der Waals surface area contributed by atoms with Crippen LogP contribution in [0.25, 0.3) is 11.4 Å². The lowest BCUT2D eigenvalue weighted by Gasteiger charge is -2.36. The molecule has 2 aromatic heterocycles. The molecule has 148 valence electrons. The van der Waals surface area contributed by atoms with E-state index in [0.717, 1.165) is 10.5 Å². The van der Waals surface area contributed by atoms with Crippen molar-refractivity contribution in [3.05, 3.63) is 30.4 Å². The molecule has 0 atom stereocenters. The number of carbonyl (C=O) groups is 2. The first-order valence-corrected chi connectivity index (χ1v) is 10.6. The molecule has 0 aliphatic carbocycles. The maximum atomic E-state index is 12.5. The number of hydrogen-bond donors (Lipinski definition) is 0. The minimum Gasteiger partial charge on any atom is -0.339 e. The third kappa shape index (κ3) is 3.67. The molecule has 0 N–H and O–H groups in total. The van der Waals surface area contributed by atoms with Crippen LogP contribution in [0.2, 0.25) is 0 Å². The Morgan fingerprint density at radius 3 is 2.46 bits per heavy atom. The zero-order valence-electron chi connectivity index (χ0n) is 15.0. The number of aromatic nitrogens is 3. The summed E-state index contributed by atoms with van der Waals surface area (Å²) in [6.45, 7) is 0.373. The lowest BCUT2D eigenvalue weighted by atomic mass is 10.0. The van der Waals surface area contributed by atoms with Gasteiger partial charge in [0.25, 0.3) is 0 Å². The molecule has 2 fully saturated rings. The van der Waals surface area contributed by atoms with Gasteiger partial charge in [-0.3, -0.25) is 19.5 Å². The molecule has 2 amide bonds. The van der Waals surface area contributed by atoms with E-state index in [0.29, 0.717) is 18.1 Å². The van der Waals surface area contributed by atoms with E-state index in [1.165, 1.54) is 4.31 Å². The molecule has 28 heavy (non-hydrogen) atoms. The second kappa shape index (κ2) is 7.40. The van der Waals surface area contributed by atoms with Crippen molar-refractivity contribution in [3.8, 4) is 11.4 Å². The number of rotatable bonds is 6. The second-order valence-electron chi connectivity index (χ2n) is 6.81. The van der Waals surface area contributed by atoms with Crippen LogP contribution in [0.15, 0.2) is 29.0 Å². The average Bonchev–Trinajstić information content (AvgIpc) is 3.10. The first-order valence-electron chi connectivity index (χ1n) is 8.99. The van der Waals surface area contributed by atoms with E-state index in [9.17, 15) is 18.0 Å². The third-order valence-corrected chi connectivity index (χ3v) is 6.71. The van der Waals surface area contributed by atoms with E-state index in [1.807, 2.05) is 0 Å². The van der Waals surface area contributed by atoms with Gasteiger partial charge in [-0.05, 0) is 18.6 Å². The van der Waals surface area contributed by atoms with E-state index in [2.05, 4.69) is 15.1 Å². The molecule has 4 rings (SSSR count). The van der Waals surface area contributed by atoms with Crippen LogP contribution in [0, 0.1) is 0 Å². The Labute approximate surface area is 161 Å². The number of pyridine rings is 1. The quantitative estimate of drug-likeness (QED) is 0.632. The molecule has 0 radical (unpaired) electrons. The summed E-state index contributed by atoms with van der Waals surface area (Å²) in [6.07, 6.45) is 4.35. The van der Waals surface area contributed by atoms with Crippen LogP contribution in [-0.4, -0.2) is 69.9 Å². The van der Waals surface area contributed by atoms with E-state index in [4.69, 9.17) is 4.52 Å². The summed E-state index contributed by atoms with van der Waals surface area (Å²) in [4.78, 5) is 32.9. The summed E-state index contributed by atoms with van der Waals surface area (Å²) in [5.41, 5.74) is 0.768. The van der Waals surface area contributed by atoms with Gasteiger partial charge in [0.05, 0.1) is 11.7 Å². The van der Waals surface area contributed by atoms with Crippen LogP contribution in [0.5, 0.6) is 0 Å². The van der Waals surface area contributed by atoms with E-state index in [-0.39, 0.29) is 56.0 Å². The fourth-order valence-corrected chi connectivity index (χ4v) is 4.71. The number of nitrogens with zero attached hydrogens (tertiary/aromatic N) is 5. The Kier molecular flexibility index (Phi) is 4.94. The fraction of sp³-hybridized carbons (Fsp3) is 0.471. The van der Waals surface area contributed by atoms with Crippen molar-refractivity contribution >= 4 is 21.8 Å². The van der Waals surface area contributed by atoms with Gasteiger partial charge in [-0.15, -0.1) is 0 Å².